The number of benzene rings is 1. The summed E-state index contributed by atoms with van der Waals surface area (Å²) in [5.41, 5.74) is 7.72. The molecule has 0 amide bonds. The van der Waals surface area contributed by atoms with Crippen molar-refractivity contribution in [1.29, 1.82) is 0 Å². The smallest absolute Gasteiger partial charge is 0.131 e. The summed E-state index contributed by atoms with van der Waals surface area (Å²) in [4.78, 5) is 4.61. The van der Waals surface area contributed by atoms with Gasteiger partial charge in [-0.25, -0.2) is 4.98 Å². The molecule has 18 heavy (non-hydrogen) atoms. The van der Waals surface area contributed by atoms with Gasteiger partial charge in [-0.05, 0) is 12.1 Å². The molecule has 1 heterocycles. The monoisotopic (exact) mass is 327 g/mol. The summed E-state index contributed by atoms with van der Waals surface area (Å²) in [6, 6.07) is 5.71. The Balaban J connectivity index is 2.61. The summed E-state index contributed by atoms with van der Waals surface area (Å²) >= 11 is 9.63. The first-order valence-electron chi connectivity index (χ1n) is 5.69. The minimum absolute atomic E-state index is 0.320. The Morgan fingerprint density at radius 2 is 2.06 bits per heavy atom. The molecule has 0 aliphatic carbocycles. The number of halogens is 2. The van der Waals surface area contributed by atoms with Gasteiger partial charge in [-0.3, -0.25) is 0 Å². The Hall–Kier alpha value is -1.00. The van der Waals surface area contributed by atoms with Crippen LogP contribution in [0.15, 0.2) is 22.7 Å². The molecule has 2 rings (SSSR count). The molecule has 1 aromatic carbocycles. The lowest BCUT2D eigenvalue weighted by Crippen LogP contribution is -2.02. The molecule has 0 aliphatic heterocycles. The summed E-state index contributed by atoms with van der Waals surface area (Å²) in [5, 5.41) is 0.643. The second kappa shape index (κ2) is 4.94. The first-order chi connectivity index (χ1) is 8.41. The normalized spacial score (nSPS) is 11.2. The van der Waals surface area contributed by atoms with E-state index in [-0.39, 0.29) is 0 Å². The lowest BCUT2D eigenvalue weighted by Gasteiger charge is -2.05. The zero-order valence-electron chi connectivity index (χ0n) is 10.5. The van der Waals surface area contributed by atoms with E-state index in [4.69, 9.17) is 17.3 Å². The molecule has 0 spiro atoms. The molecule has 3 nitrogen and oxygen atoms in total. The molecule has 0 bridgehead atoms. The fourth-order valence-electron chi connectivity index (χ4n) is 1.93. The fourth-order valence-corrected chi connectivity index (χ4v) is 2.69. The topological polar surface area (TPSA) is 43.8 Å². The van der Waals surface area contributed by atoms with Crippen LogP contribution in [0.2, 0.25) is 5.02 Å². The van der Waals surface area contributed by atoms with Gasteiger partial charge in [0.25, 0.3) is 0 Å². The van der Waals surface area contributed by atoms with Crippen molar-refractivity contribution in [3.63, 3.8) is 0 Å². The molecule has 0 radical (unpaired) electrons. The number of hydrogen-bond acceptors (Lipinski definition) is 2. The Bertz CT molecular complexity index is 590. The van der Waals surface area contributed by atoms with Crippen molar-refractivity contribution in [1.82, 2.24) is 9.55 Å². The largest absolute Gasteiger partial charge is 0.383 e. The molecule has 0 saturated carbocycles. The van der Waals surface area contributed by atoms with E-state index in [1.54, 1.807) is 0 Å². The van der Waals surface area contributed by atoms with Crippen LogP contribution in [0.5, 0.6) is 0 Å². The van der Waals surface area contributed by atoms with Crippen molar-refractivity contribution >= 4 is 33.3 Å². The predicted molar refractivity (Wildman–Crippen MR) is 79.9 cm³/mol. The molecule has 5 heteroatoms. The molecule has 0 unspecified atom stereocenters. The maximum Gasteiger partial charge on any atom is 0.131 e. The molecule has 0 fully saturated rings. The quantitative estimate of drug-likeness (QED) is 0.897. The Labute approximate surface area is 120 Å². The van der Waals surface area contributed by atoms with E-state index in [2.05, 4.69) is 34.8 Å². The summed E-state index contributed by atoms with van der Waals surface area (Å²) in [6.45, 7) is 4.18. The highest BCUT2D eigenvalue weighted by Gasteiger charge is 2.17. The average molecular weight is 329 g/mol. The molecule has 0 atom stereocenters. The van der Waals surface area contributed by atoms with Crippen molar-refractivity contribution in [3.05, 3.63) is 33.5 Å². The van der Waals surface area contributed by atoms with E-state index in [1.165, 1.54) is 0 Å². The number of nitrogen functional groups attached to an aromatic ring is 1. The van der Waals surface area contributed by atoms with E-state index in [1.807, 2.05) is 29.8 Å². The first kappa shape index (κ1) is 13.4. The van der Waals surface area contributed by atoms with E-state index >= 15 is 0 Å². The zero-order chi connectivity index (χ0) is 13.4. The molecule has 0 aliphatic rings. The summed E-state index contributed by atoms with van der Waals surface area (Å²) in [7, 11) is 1.92. The van der Waals surface area contributed by atoms with Gasteiger partial charge in [-0.15, -0.1) is 0 Å². The lowest BCUT2D eigenvalue weighted by molar-refractivity contribution is 0.715. The second-order valence-electron chi connectivity index (χ2n) is 4.54. The number of hydrogen-bond donors (Lipinski definition) is 1. The number of anilines is 1. The van der Waals surface area contributed by atoms with Crippen molar-refractivity contribution < 1.29 is 0 Å². The van der Waals surface area contributed by atoms with Gasteiger partial charge in [0.15, 0.2) is 0 Å². The lowest BCUT2D eigenvalue weighted by atomic mass is 10.1. The Morgan fingerprint density at radius 1 is 1.39 bits per heavy atom. The number of nitrogens with two attached hydrogens (primary N) is 1. The maximum absolute atomic E-state index is 6.24. The highest BCUT2D eigenvalue weighted by atomic mass is 79.9. The first-order valence-corrected chi connectivity index (χ1v) is 6.86. The van der Waals surface area contributed by atoms with Gasteiger partial charge in [0, 0.05) is 23.0 Å². The van der Waals surface area contributed by atoms with Crippen molar-refractivity contribution in [3.8, 4) is 11.3 Å². The van der Waals surface area contributed by atoms with Crippen LogP contribution in [-0.4, -0.2) is 9.55 Å². The third kappa shape index (κ3) is 2.27. The molecular weight excluding hydrogens is 314 g/mol. The average Bonchev–Trinajstić information content (AvgIpc) is 2.57. The summed E-state index contributed by atoms with van der Waals surface area (Å²) in [6.07, 6.45) is 0. The van der Waals surface area contributed by atoms with Crippen LogP contribution in [0.4, 0.5) is 5.82 Å². The molecule has 2 N–H and O–H groups in total. The molecular formula is C13H15BrClN3. The van der Waals surface area contributed by atoms with Gasteiger partial charge in [0.1, 0.15) is 17.3 Å². The van der Waals surface area contributed by atoms with Crippen LogP contribution in [0.1, 0.15) is 25.6 Å². The minimum Gasteiger partial charge on any atom is -0.383 e. The molecule has 1 aromatic heterocycles. The second-order valence-corrected chi connectivity index (χ2v) is 5.86. The fraction of sp³-hybridized carbons (Fsp3) is 0.308. The molecule has 96 valence electrons. The third-order valence-corrected chi connectivity index (χ3v) is 3.68. The molecule has 2 aromatic rings. The van der Waals surface area contributed by atoms with Crippen LogP contribution < -0.4 is 5.73 Å². The van der Waals surface area contributed by atoms with Crippen LogP contribution in [0.3, 0.4) is 0 Å². The third-order valence-electron chi connectivity index (χ3n) is 2.88. The Kier molecular flexibility index (Phi) is 3.69. The van der Waals surface area contributed by atoms with Gasteiger partial charge in [-0.1, -0.05) is 47.4 Å². The maximum atomic E-state index is 6.24. The van der Waals surface area contributed by atoms with Gasteiger partial charge in [0.2, 0.25) is 0 Å². The van der Waals surface area contributed by atoms with E-state index in [9.17, 15) is 0 Å². The van der Waals surface area contributed by atoms with E-state index in [0.29, 0.717) is 16.8 Å². The molecule has 0 saturated heterocycles. The SMILES string of the molecule is CC(C)c1nc(-c2ccc(Br)cc2Cl)c(N)n1C. The van der Waals surface area contributed by atoms with Gasteiger partial charge in [-0.2, -0.15) is 0 Å². The van der Waals surface area contributed by atoms with Gasteiger partial charge >= 0.3 is 0 Å². The highest BCUT2D eigenvalue weighted by molar-refractivity contribution is 9.10. The number of imidazole rings is 1. The van der Waals surface area contributed by atoms with Crippen LogP contribution >= 0.6 is 27.5 Å². The zero-order valence-corrected chi connectivity index (χ0v) is 12.9. The summed E-state index contributed by atoms with van der Waals surface area (Å²) < 4.78 is 2.85. The van der Waals surface area contributed by atoms with Gasteiger partial charge in [0.05, 0.1) is 5.02 Å². The van der Waals surface area contributed by atoms with Crippen molar-refractivity contribution in [2.75, 3.05) is 5.73 Å². The van der Waals surface area contributed by atoms with Crippen LogP contribution in [0, 0.1) is 0 Å². The summed E-state index contributed by atoms with van der Waals surface area (Å²) in [5.74, 6) is 1.92. The Morgan fingerprint density at radius 3 is 2.56 bits per heavy atom. The number of nitrogens with zero attached hydrogens (tertiary/aromatic N) is 2. The predicted octanol–water partition coefficient (Wildman–Crippen LogP) is 4.21. The minimum atomic E-state index is 0.320. The standard InChI is InChI=1S/C13H15BrClN3/c1-7(2)13-17-11(12(16)18(13)3)9-5-4-8(14)6-10(9)15/h4-7H,16H2,1-3H3. The van der Waals surface area contributed by atoms with Crippen molar-refractivity contribution in [2.24, 2.45) is 7.05 Å². The number of rotatable bonds is 2. The van der Waals surface area contributed by atoms with Gasteiger partial charge < -0.3 is 10.3 Å². The van der Waals surface area contributed by atoms with E-state index < -0.39 is 0 Å². The van der Waals surface area contributed by atoms with Crippen LogP contribution in [-0.2, 0) is 7.05 Å². The van der Waals surface area contributed by atoms with Crippen LogP contribution in [0.25, 0.3) is 11.3 Å². The highest BCUT2D eigenvalue weighted by Crippen LogP contribution is 2.34. The van der Waals surface area contributed by atoms with Crippen molar-refractivity contribution in [2.45, 2.75) is 19.8 Å². The number of aromatic nitrogens is 2. The van der Waals surface area contributed by atoms with E-state index in [0.717, 1.165) is 21.6 Å².